The molecular formula is C22H23N3O3. The average Bonchev–Trinajstić information content (AvgIpc) is 2.70. The molecule has 3 N–H and O–H groups in total. The van der Waals surface area contributed by atoms with Crippen LogP contribution in [0.2, 0.25) is 0 Å². The summed E-state index contributed by atoms with van der Waals surface area (Å²) in [6, 6.07) is 19.5. The highest BCUT2D eigenvalue weighted by Crippen LogP contribution is 2.20. The number of aromatic amines is 1. The number of anilines is 1. The highest BCUT2D eigenvalue weighted by atomic mass is 16.4. The molecule has 144 valence electrons. The number of nitrogens with zero attached hydrogens (tertiary/aromatic N) is 1. The molecular weight excluding hydrogens is 354 g/mol. The quantitative estimate of drug-likeness (QED) is 0.589. The molecule has 1 aromatic heterocycles. The van der Waals surface area contributed by atoms with E-state index >= 15 is 0 Å². The van der Waals surface area contributed by atoms with Crippen LogP contribution in [-0.4, -0.2) is 30.2 Å². The Hall–Kier alpha value is -3.38. The van der Waals surface area contributed by atoms with Gasteiger partial charge in [-0.15, -0.1) is 0 Å². The first-order valence-electron chi connectivity index (χ1n) is 8.97. The summed E-state index contributed by atoms with van der Waals surface area (Å²) in [7, 11) is 3.94. The van der Waals surface area contributed by atoms with Gasteiger partial charge in [0.25, 0.3) is 5.56 Å². The van der Waals surface area contributed by atoms with Gasteiger partial charge in [0.05, 0.1) is 0 Å². The minimum absolute atomic E-state index is 0.154. The molecule has 3 rings (SSSR count). The molecule has 0 amide bonds. The third-order valence-electron chi connectivity index (χ3n) is 4.56. The van der Waals surface area contributed by atoms with E-state index < -0.39 is 12.0 Å². The Balaban J connectivity index is 1.75. The number of pyridine rings is 1. The van der Waals surface area contributed by atoms with Crippen LogP contribution < -0.4 is 15.8 Å². The summed E-state index contributed by atoms with van der Waals surface area (Å²) in [5, 5.41) is 12.4. The first kappa shape index (κ1) is 19.4. The zero-order valence-corrected chi connectivity index (χ0v) is 15.8. The molecule has 1 heterocycles. The maximum Gasteiger partial charge on any atom is 0.325 e. The number of benzene rings is 2. The fourth-order valence-corrected chi connectivity index (χ4v) is 2.96. The van der Waals surface area contributed by atoms with E-state index in [4.69, 9.17) is 0 Å². The molecule has 6 nitrogen and oxygen atoms in total. The minimum Gasteiger partial charge on any atom is -0.480 e. The number of carbonyl (C=O) groups is 1. The number of nitrogens with one attached hydrogen (secondary N) is 2. The summed E-state index contributed by atoms with van der Waals surface area (Å²) in [5.41, 5.74) is 3.60. The minimum atomic E-state index is -0.986. The van der Waals surface area contributed by atoms with Crippen molar-refractivity contribution in [1.29, 1.82) is 0 Å². The highest BCUT2D eigenvalue weighted by molar-refractivity contribution is 5.75. The van der Waals surface area contributed by atoms with Gasteiger partial charge in [-0.1, -0.05) is 48.5 Å². The fourth-order valence-electron chi connectivity index (χ4n) is 2.96. The van der Waals surface area contributed by atoms with Crippen molar-refractivity contribution in [2.24, 2.45) is 0 Å². The Labute approximate surface area is 163 Å². The molecule has 0 saturated heterocycles. The standard InChI is InChI=1S/C22H23N3O3/c1-25(2)18-11-8-15(9-12-18)19-13-10-17(21(26)24-19)14-23-20(22(27)28)16-6-4-3-5-7-16/h3-13,20,23H,14H2,1-2H3,(H,24,26)(H,27,28)/t20-/m1/s1. The van der Waals surface area contributed by atoms with Crippen LogP contribution in [-0.2, 0) is 11.3 Å². The second kappa shape index (κ2) is 8.54. The third kappa shape index (κ3) is 4.47. The molecule has 0 fully saturated rings. The second-order valence-corrected chi connectivity index (χ2v) is 6.73. The Morgan fingerprint density at radius 2 is 1.71 bits per heavy atom. The molecule has 0 aliphatic carbocycles. The van der Waals surface area contributed by atoms with E-state index in [-0.39, 0.29) is 12.1 Å². The maximum atomic E-state index is 12.5. The van der Waals surface area contributed by atoms with Crippen LogP contribution in [0.25, 0.3) is 11.3 Å². The Kier molecular flexibility index (Phi) is 5.91. The van der Waals surface area contributed by atoms with E-state index in [0.29, 0.717) is 11.1 Å². The van der Waals surface area contributed by atoms with Gasteiger partial charge in [-0.05, 0) is 29.3 Å². The lowest BCUT2D eigenvalue weighted by Gasteiger charge is -2.15. The van der Waals surface area contributed by atoms with Gasteiger partial charge in [0.1, 0.15) is 6.04 Å². The first-order chi connectivity index (χ1) is 13.5. The topological polar surface area (TPSA) is 85.4 Å². The molecule has 28 heavy (non-hydrogen) atoms. The van der Waals surface area contributed by atoms with Crippen molar-refractivity contribution in [1.82, 2.24) is 10.3 Å². The van der Waals surface area contributed by atoms with Gasteiger partial charge >= 0.3 is 5.97 Å². The van der Waals surface area contributed by atoms with Crippen LogP contribution in [0.15, 0.2) is 71.5 Å². The molecule has 1 atom stereocenters. The number of carboxylic acids is 1. The number of H-pyrrole nitrogens is 1. The van der Waals surface area contributed by atoms with Crippen molar-refractivity contribution >= 4 is 11.7 Å². The molecule has 0 radical (unpaired) electrons. The van der Waals surface area contributed by atoms with Gasteiger partial charge in [-0.3, -0.25) is 14.9 Å². The van der Waals surface area contributed by atoms with E-state index in [0.717, 1.165) is 16.9 Å². The van der Waals surface area contributed by atoms with Gasteiger partial charge in [-0.25, -0.2) is 0 Å². The van der Waals surface area contributed by atoms with E-state index in [1.54, 1.807) is 30.3 Å². The van der Waals surface area contributed by atoms with Crippen LogP contribution in [0.3, 0.4) is 0 Å². The normalized spacial score (nSPS) is 11.8. The molecule has 3 aromatic rings. The summed E-state index contributed by atoms with van der Waals surface area (Å²) in [6.45, 7) is 0.154. The summed E-state index contributed by atoms with van der Waals surface area (Å²) >= 11 is 0. The van der Waals surface area contributed by atoms with Gasteiger partial charge in [-0.2, -0.15) is 0 Å². The summed E-state index contributed by atoms with van der Waals surface area (Å²) in [6.07, 6.45) is 0. The molecule has 0 aliphatic rings. The zero-order chi connectivity index (χ0) is 20.1. The molecule has 6 heteroatoms. The predicted molar refractivity (Wildman–Crippen MR) is 110 cm³/mol. The lowest BCUT2D eigenvalue weighted by atomic mass is 10.1. The lowest BCUT2D eigenvalue weighted by molar-refractivity contribution is -0.139. The SMILES string of the molecule is CN(C)c1ccc(-c2ccc(CN[C@@H](C(=O)O)c3ccccc3)c(=O)[nH]2)cc1. The van der Waals surface area contributed by atoms with Crippen molar-refractivity contribution in [3.05, 3.63) is 88.2 Å². The summed E-state index contributed by atoms with van der Waals surface area (Å²) < 4.78 is 0. The third-order valence-corrected chi connectivity index (χ3v) is 4.56. The van der Waals surface area contributed by atoms with E-state index in [2.05, 4.69) is 10.3 Å². The summed E-state index contributed by atoms with van der Waals surface area (Å²) in [5.74, 6) is -0.986. The van der Waals surface area contributed by atoms with Crippen molar-refractivity contribution in [2.45, 2.75) is 12.6 Å². The largest absolute Gasteiger partial charge is 0.480 e. The van der Waals surface area contributed by atoms with Crippen molar-refractivity contribution in [3.63, 3.8) is 0 Å². The van der Waals surface area contributed by atoms with Gasteiger partial charge in [0.15, 0.2) is 0 Å². The van der Waals surface area contributed by atoms with E-state index in [1.165, 1.54) is 0 Å². The number of hydrogen-bond donors (Lipinski definition) is 3. The maximum absolute atomic E-state index is 12.5. The number of carboxylic acid groups (broad SMARTS) is 1. The average molecular weight is 377 g/mol. The fraction of sp³-hybridized carbons (Fsp3) is 0.182. The van der Waals surface area contributed by atoms with E-state index in [9.17, 15) is 14.7 Å². The molecule has 0 saturated carbocycles. The van der Waals surface area contributed by atoms with Crippen molar-refractivity contribution < 1.29 is 9.90 Å². The van der Waals surface area contributed by atoms with Crippen LogP contribution in [0.1, 0.15) is 17.2 Å². The van der Waals surface area contributed by atoms with Gasteiger partial charge in [0.2, 0.25) is 0 Å². The van der Waals surface area contributed by atoms with Crippen LogP contribution in [0.4, 0.5) is 5.69 Å². The number of aliphatic carboxylic acids is 1. The van der Waals surface area contributed by atoms with Crippen LogP contribution >= 0.6 is 0 Å². The number of rotatable bonds is 7. The van der Waals surface area contributed by atoms with Crippen LogP contribution in [0.5, 0.6) is 0 Å². The molecule has 0 bridgehead atoms. The van der Waals surface area contributed by atoms with E-state index in [1.807, 2.05) is 55.4 Å². The molecule has 0 spiro atoms. The highest BCUT2D eigenvalue weighted by Gasteiger charge is 2.19. The Bertz CT molecular complexity index is 996. The van der Waals surface area contributed by atoms with Gasteiger partial charge < -0.3 is 15.0 Å². The predicted octanol–water partition coefficient (Wildman–Crippen LogP) is 3.02. The number of aromatic nitrogens is 1. The second-order valence-electron chi connectivity index (χ2n) is 6.73. The Morgan fingerprint density at radius 3 is 2.29 bits per heavy atom. The molecule has 0 aliphatic heterocycles. The van der Waals surface area contributed by atoms with Crippen molar-refractivity contribution in [3.8, 4) is 11.3 Å². The molecule has 2 aromatic carbocycles. The zero-order valence-electron chi connectivity index (χ0n) is 15.8. The monoisotopic (exact) mass is 377 g/mol. The number of hydrogen-bond acceptors (Lipinski definition) is 4. The molecule has 0 unspecified atom stereocenters. The Morgan fingerprint density at radius 1 is 1.04 bits per heavy atom. The smallest absolute Gasteiger partial charge is 0.325 e. The summed E-state index contributed by atoms with van der Waals surface area (Å²) in [4.78, 5) is 28.9. The first-order valence-corrected chi connectivity index (χ1v) is 8.97. The van der Waals surface area contributed by atoms with Gasteiger partial charge in [0, 0.05) is 37.6 Å². The van der Waals surface area contributed by atoms with Crippen LogP contribution in [0, 0.1) is 0 Å². The lowest BCUT2D eigenvalue weighted by Crippen LogP contribution is -2.30. The van der Waals surface area contributed by atoms with Crippen molar-refractivity contribution in [2.75, 3.05) is 19.0 Å².